The van der Waals surface area contributed by atoms with E-state index in [1.165, 1.54) is 12.1 Å². The number of carbonyl (C=O) groups is 1. The molecule has 1 heterocycles. The molecule has 0 N–H and O–H groups in total. The molecule has 5 heteroatoms. The van der Waals surface area contributed by atoms with Crippen LogP contribution < -0.4 is 9.96 Å². The van der Waals surface area contributed by atoms with Crippen LogP contribution in [0.3, 0.4) is 0 Å². The number of hydroxylamine groups is 1. The number of benzene rings is 3. The van der Waals surface area contributed by atoms with E-state index in [4.69, 9.17) is 4.84 Å². The van der Waals surface area contributed by atoms with Gasteiger partial charge in [0.25, 0.3) is 0 Å². The maximum absolute atomic E-state index is 13.4. The molecule has 1 saturated heterocycles. The van der Waals surface area contributed by atoms with Crippen LogP contribution in [0.4, 0.5) is 20.6 Å². The van der Waals surface area contributed by atoms with E-state index < -0.39 is 12.3 Å². The van der Waals surface area contributed by atoms with Crippen LogP contribution in [0.1, 0.15) is 11.7 Å². The van der Waals surface area contributed by atoms with Crippen molar-refractivity contribution in [1.29, 1.82) is 0 Å². The lowest BCUT2D eigenvalue weighted by Crippen LogP contribution is -2.31. The van der Waals surface area contributed by atoms with E-state index in [1.807, 2.05) is 60.7 Å². The number of anilines is 2. The number of halogens is 1. The predicted octanol–water partition coefficient (Wildman–Crippen LogP) is 4.90. The molecule has 3 aromatic rings. The van der Waals surface area contributed by atoms with Gasteiger partial charge < -0.3 is 4.84 Å². The first-order chi connectivity index (χ1) is 12.2. The van der Waals surface area contributed by atoms with Crippen molar-refractivity contribution in [2.75, 3.05) is 9.96 Å². The third kappa shape index (κ3) is 2.80. The zero-order valence-electron chi connectivity index (χ0n) is 13.2. The highest BCUT2D eigenvalue weighted by Crippen LogP contribution is 2.39. The van der Waals surface area contributed by atoms with Gasteiger partial charge in [0.2, 0.25) is 0 Å². The summed E-state index contributed by atoms with van der Waals surface area (Å²) in [5, 5.41) is 1.54. The highest BCUT2D eigenvalue weighted by molar-refractivity contribution is 5.92. The number of amides is 1. The lowest BCUT2D eigenvalue weighted by molar-refractivity contribution is 0.164. The number of hydrogen-bond donors (Lipinski definition) is 0. The van der Waals surface area contributed by atoms with Crippen LogP contribution >= 0.6 is 0 Å². The van der Waals surface area contributed by atoms with Crippen molar-refractivity contribution < 1.29 is 14.0 Å². The highest BCUT2D eigenvalue weighted by Gasteiger charge is 2.42. The normalized spacial score (nSPS) is 16.8. The van der Waals surface area contributed by atoms with Crippen molar-refractivity contribution in [1.82, 2.24) is 0 Å². The number of rotatable bonds is 3. The molecular formula is C20H15FN2O2. The molecule has 1 aliphatic heterocycles. The summed E-state index contributed by atoms with van der Waals surface area (Å²) in [6.07, 6.45) is -1.01. The smallest absolute Gasteiger partial charge is 0.319 e. The molecule has 0 unspecified atom stereocenters. The van der Waals surface area contributed by atoms with Gasteiger partial charge in [-0.2, -0.15) is 5.06 Å². The zero-order chi connectivity index (χ0) is 17.2. The fourth-order valence-electron chi connectivity index (χ4n) is 2.91. The van der Waals surface area contributed by atoms with Crippen LogP contribution in [-0.2, 0) is 4.84 Å². The molecule has 0 bridgehead atoms. The van der Waals surface area contributed by atoms with Crippen molar-refractivity contribution in [3.05, 3.63) is 96.3 Å². The molecule has 4 nitrogen and oxygen atoms in total. The van der Waals surface area contributed by atoms with Gasteiger partial charge in [-0.3, -0.25) is 0 Å². The van der Waals surface area contributed by atoms with Gasteiger partial charge >= 0.3 is 6.09 Å². The molecule has 124 valence electrons. The third-order valence-corrected chi connectivity index (χ3v) is 4.05. The summed E-state index contributed by atoms with van der Waals surface area (Å²) >= 11 is 0. The Morgan fingerprint density at radius 3 is 1.92 bits per heavy atom. The molecule has 0 spiro atoms. The van der Waals surface area contributed by atoms with Crippen molar-refractivity contribution in [3.63, 3.8) is 0 Å². The fourth-order valence-corrected chi connectivity index (χ4v) is 2.91. The Bertz CT molecular complexity index is 869. The first-order valence-electron chi connectivity index (χ1n) is 7.90. The minimum atomic E-state index is -0.530. The van der Waals surface area contributed by atoms with Gasteiger partial charge in [0.15, 0.2) is 6.17 Å². The number of carbonyl (C=O) groups excluding carboxylic acids is 1. The molecule has 1 amide bonds. The second kappa shape index (κ2) is 6.28. The molecule has 3 aromatic carbocycles. The zero-order valence-corrected chi connectivity index (χ0v) is 13.2. The highest BCUT2D eigenvalue weighted by atomic mass is 19.1. The van der Waals surface area contributed by atoms with E-state index in [9.17, 15) is 9.18 Å². The summed E-state index contributed by atoms with van der Waals surface area (Å²) in [6.45, 7) is 0. The summed E-state index contributed by atoms with van der Waals surface area (Å²) in [5.41, 5.74) is 2.20. The van der Waals surface area contributed by atoms with E-state index in [0.29, 0.717) is 5.69 Å². The molecule has 4 rings (SSSR count). The van der Waals surface area contributed by atoms with Gasteiger partial charge in [-0.15, -0.1) is 0 Å². The second-order valence-electron chi connectivity index (χ2n) is 5.65. The third-order valence-electron chi connectivity index (χ3n) is 4.05. The number of nitrogens with zero attached hydrogens (tertiary/aromatic N) is 2. The molecule has 1 fully saturated rings. The van der Waals surface area contributed by atoms with Crippen molar-refractivity contribution >= 4 is 17.5 Å². The van der Waals surface area contributed by atoms with Crippen molar-refractivity contribution in [2.24, 2.45) is 0 Å². The molecule has 0 radical (unpaired) electrons. The van der Waals surface area contributed by atoms with E-state index >= 15 is 0 Å². The Hall–Kier alpha value is -3.34. The topological polar surface area (TPSA) is 32.8 Å². The van der Waals surface area contributed by atoms with Crippen LogP contribution in [-0.4, -0.2) is 6.09 Å². The van der Waals surface area contributed by atoms with Crippen LogP contribution in [0.5, 0.6) is 0 Å². The van der Waals surface area contributed by atoms with Gasteiger partial charge in [-0.25, -0.2) is 14.1 Å². The second-order valence-corrected chi connectivity index (χ2v) is 5.65. The van der Waals surface area contributed by atoms with Gasteiger partial charge in [-0.05, 0) is 42.0 Å². The van der Waals surface area contributed by atoms with Crippen LogP contribution in [0.25, 0.3) is 0 Å². The number of hydrogen-bond acceptors (Lipinski definition) is 3. The first-order valence-corrected chi connectivity index (χ1v) is 7.90. The van der Waals surface area contributed by atoms with E-state index in [2.05, 4.69) is 0 Å². The molecule has 1 aliphatic rings. The van der Waals surface area contributed by atoms with E-state index in [-0.39, 0.29) is 5.82 Å². The minimum absolute atomic E-state index is 0.327. The summed E-state index contributed by atoms with van der Waals surface area (Å²) in [5.74, 6) is -0.327. The van der Waals surface area contributed by atoms with Crippen LogP contribution in [0, 0.1) is 5.82 Å². The lowest BCUT2D eigenvalue weighted by Gasteiger charge is -2.27. The van der Waals surface area contributed by atoms with Crippen molar-refractivity contribution in [2.45, 2.75) is 6.17 Å². The Morgan fingerprint density at radius 2 is 1.32 bits per heavy atom. The Balaban J connectivity index is 1.83. The lowest BCUT2D eigenvalue weighted by atomic mass is 10.1. The average Bonchev–Trinajstić information content (AvgIpc) is 3.01. The molecule has 1 atom stereocenters. The van der Waals surface area contributed by atoms with E-state index in [0.717, 1.165) is 11.3 Å². The van der Waals surface area contributed by atoms with Crippen LogP contribution in [0.15, 0.2) is 84.9 Å². The van der Waals surface area contributed by atoms with Gasteiger partial charge in [-0.1, -0.05) is 48.5 Å². The quantitative estimate of drug-likeness (QED) is 0.683. The summed E-state index contributed by atoms with van der Waals surface area (Å²) in [6, 6.07) is 24.7. The van der Waals surface area contributed by atoms with Gasteiger partial charge in [0.1, 0.15) is 5.82 Å². The van der Waals surface area contributed by atoms with Gasteiger partial charge in [0.05, 0.1) is 5.69 Å². The SMILES string of the molecule is O=C1ON(c2ccccc2)[C@H](c2ccc(F)cc2)N1c1ccccc1. The summed E-state index contributed by atoms with van der Waals surface area (Å²) in [7, 11) is 0. The molecule has 0 aliphatic carbocycles. The fraction of sp³-hybridized carbons (Fsp3) is 0.0500. The standard InChI is InChI=1S/C20H15FN2O2/c21-16-13-11-15(12-14-16)19-22(17-7-3-1-4-8-17)20(24)25-23(19)18-9-5-2-6-10-18/h1-14,19H/t19-/m1/s1. The molecule has 0 aromatic heterocycles. The minimum Gasteiger partial charge on any atom is -0.319 e. The maximum Gasteiger partial charge on any atom is 0.440 e. The summed E-state index contributed by atoms with van der Waals surface area (Å²) in [4.78, 5) is 19.7. The first kappa shape index (κ1) is 15.2. The van der Waals surface area contributed by atoms with Crippen LogP contribution in [0.2, 0.25) is 0 Å². The summed E-state index contributed by atoms with van der Waals surface area (Å²) < 4.78 is 13.4. The van der Waals surface area contributed by atoms with Crippen molar-refractivity contribution in [3.8, 4) is 0 Å². The monoisotopic (exact) mass is 334 g/mol. The maximum atomic E-state index is 13.4. The van der Waals surface area contributed by atoms with E-state index in [1.54, 1.807) is 22.1 Å². The Kier molecular flexibility index (Phi) is 3.82. The average molecular weight is 334 g/mol. The molecule has 0 saturated carbocycles. The number of para-hydroxylation sites is 2. The molecule has 25 heavy (non-hydrogen) atoms. The predicted molar refractivity (Wildman–Crippen MR) is 93.5 cm³/mol. The van der Waals surface area contributed by atoms with Gasteiger partial charge in [0, 0.05) is 5.69 Å². The Morgan fingerprint density at radius 1 is 0.760 bits per heavy atom. The Labute approximate surface area is 144 Å². The molecular weight excluding hydrogens is 319 g/mol. The largest absolute Gasteiger partial charge is 0.440 e.